The third kappa shape index (κ3) is 10.7. The van der Waals surface area contributed by atoms with E-state index in [0.717, 1.165) is 267 Å². The molecule has 110 heavy (non-hydrogen) atoms. The summed E-state index contributed by atoms with van der Waals surface area (Å²) in [4.78, 5) is 23.4. The first kappa shape index (κ1) is 65.2. The van der Waals surface area contributed by atoms with Gasteiger partial charge in [-0.3, -0.25) is 0 Å². The van der Waals surface area contributed by atoms with E-state index in [0.29, 0.717) is 13.2 Å². The molecule has 0 N–H and O–H groups in total. The van der Waals surface area contributed by atoms with Crippen molar-refractivity contribution >= 4 is 216 Å². The van der Waals surface area contributed by atoms with Crippen molar-refractivity contribution < 1.29 is 9.47 Å². The van der Waals surface area contributed by atoms with E-state index < -0.39 is 0 Å². The van der Waals surface area contributed by atoms with Gasteiger partial charge in [-0.2, -0.15) is 0 Å². The average Bonchev–Trinajstić information content (AvgIpc) is 0.720. The molecule has 0 aliphatic carbocycles. The highest BCUT2D eigenvalue weighted by molar-refractivity contribution is 6.37. The second-order valence-electron chi connectivity index (χ2n) is 29.9. The molecule has 0 fully saturated rings. The fourth-order valence-corrected chi connectivity index (χ4v) is 18.3. The summed E-state index contributed by atoms with van der Waals surface area (Å²) in [6.45, 7) is 5.76. The summed E-state index contributed by atoms with van der Waals surface area (Å²) < 4.78 is 14.1. The van der Waals surface area contributed by atoms with Crippen LogP contribution in [-0.2, 0) is 0 Å². The number of unbranched alkanes of at least 4 members (excludes halogenated alkanes) is 6. The Balaban J connectivity index is 0.949. The van der Waals surface area contributed by atoms with Crippen LogP contribution in [0.1, 0.15) is 65.2 Å². The minimum atomic E-state index is 0.616. The molecule has 21 aromatic rings. The van der Waals surface area contributed by atoms with Crippen LogP contribution in [0.25, 0.3) is 216 Å². The Kier molecular flexibility index (Phi) is 16.0. The number of benzene rings is 16. The van der Waals surface area contributed by atoms with Crippen molar-refractivity contribution in [1.82, 2.24) is 19.9 Å². The zero-order valence-electron chi connectivity index (χ0n) is 61.5. The van der Waals surface area contributed by atoms with Crippen molar-refractivity contribution in [2.75, 3.05) is 13.2 Å². The topological polar surface area (TPSA) is 70.0 Å². The van der Waals surface area contributed by atoms with E-state index in [1.165, 1.54) is 12.8 Å². The van der Waals surface area contributed by atoms with Crippen LogP contribution in [0.15, 0.2) is 303 Å². The van der Waals surface area contributed by atoms with Gasteiger partial charge < -0.3 is 9.47 Å². The molecule has 5 heterocycles. The molecule has 20 bridgehead atoms. The first-order chi connectivity index (χ1) is 54.5. The lowest BCUT2D eigenvalue weighted by Crippen LogP contribution is -1.97. The summed E-state index contributed by atoms with van der Waals surface area (Å²) in [7, 11) is 0. The highest BCUT2D eigenvalue weighted by Crippen LogP contribution is 2.47. The summed E-state index contributed by atoms with van der Waals surface area (Å²) in [6.07, 6.45) is 8.80. The summed E-state index contributed by atoms with van der Waals surface area (Å²) in [5.74, 6) is 1.68. The number of aromatic nitrogens is 4. The predicted molar refractivity (Wildman–Crippen MR) is 471 cm³/mol. The van der Waals surface area contributed by atoms with Gasteiger partial charge in [-0.15, -0.1) is 0 Å². The second kappa shape index (κ2) is 27.0. The van der Waals surface area contributed by atoms with Gasteiger partial charge in [-0.25, -0.2) is 19.9 Å². The smallest absolute Gasteiger partial charge is 0.120 e. The highest BCUT2D eigenvalue weighted by Gasteiger charge is 2.21. The van der Waals surface area contributed by atoms with Gasteiger partial charge in [-0.1, -0.05) is 295 Å². The normalized spacial score (nSPS) is 12.1. The van der Waals surface area contributed by atoms with Crippen molar-refractivity contribution in [3.05, 3.63) is 303 Å². The number of fused-ring (bicyclic) bond motifs is 28. The Morgan fingerprint density at radius 3 is 0.582 bits per heavy atom. The number of hydrogen-bond acceptors (Lipinski definition) is 6. The third-order valence-corrected chi connectivity index (χ3v) is 23.3. The minimum absolute atomic E-state index is 0.616. The molecule has 0 unspecified atom stereocenters. The van der Waals surface area contributed by atoms with Crippen LogP contribution in [0.2, 0.25) is 0 Å². The van der Waals surface area contributed by atoms with Crippen LogP contribution in [0, 0.1) is 0 Å². The Morgan fingerprint density at radius 2 is 0.382 bits per heavy atom. The van der Waals surface area contributed by atoms with Gasteiger partial charge in [0, 0.05) is 43.1 Å². The summed E-state index contributed by atoms with van der Waals surface area (Å²) >= 11 is 0. The summed E-state index contributed by atoms with van der Waals surface area (Å²) in [5.41, 5.74) is 6.95. The van der Waals surface area contributed by atoms with Gasteiger partial charge in [-0.05, 0) is 203 Å². The quantitative estimate of drug-likeness (QED) is 0.0690. The number of ether oxygens (including phenoxy) is 2. The minimum Gasteiger partial charge on any atom is -0.494 e. The van der Waals surface area contributed by atoms with Crippen molar-refractivity contribution in [3.63, 3.8) is 0 Å². The molecule has 0 aliphatic heterocycles. The molecule has 6 nitrogen and oxygen atoms in total. The molecule has 0 aliphatic rings. The van der Waals surface area contributed by atoms with E-state index in [1.807, 2.05) is 0 Å². The van der Waals surface area contributed by atoms with Gasteiger partial charge in [0.15, 0.2) is 0 Å². The molecule has 524 valence electrons. The van der Waals surface area contributed by atoms with Crippen molar-refractivity contribution in [1.29, 1.82) is 0 Å². The molecular formula is C104H76N4O2. The van der Waals surface area contributed by atoms with Crippen LogP contribution >= 0.6 is 0 Å². The lowest BCUT2D eigenvalue weighted by atomic mass is 9.91. The lowest BCUT2D eigenvalue weighted by molar-refractivity contribution is 0.305. The molecule has 0 atom stereocenters. The molecular weight excluding hydrogens is 1340 g/mol. The van der Waals surface area contributed by atoms with E-state index in [-0.39, 0.29) is 0 Å². The second-order valence-corrected chi connectivity index (χ2v) is 29.9. The first-order valence-electron chi connectivity index (χ1n) is 39.2. The SMILES string of the molecule is CCCCCCOc1cc2cc(c1)c1c3ccccc3c(c3ccc4ccc5ccc(nc5c4n3)c3c4ccccc4c(c4cc(OCCCCCC)cc(c4)c4c5ccccc5c(c5ccc6ccc7ccc(nc7c6n5)c5c6ccccc6c2c2ccccc25)c2ccccc24)c2ccccc23)c2ccccc21. The zero-order chi connectivity index (χ0) is 72.9. The maximum absolute atomic E-state index is 7.03. The van der Waals surface area contributed by atoms with Crippen molar-refractivity contribution in [2.45, 2.75) is 65.2 Å². The molecule has 0 saturated heterocycles. The van der Waals surface area contributed by atoms with E-state index in [4.69, 9.17) is 29.4 Å². The number of pyridine rings is 4. The third-order valence-electron chi connectivity index (χ3n) is 23.3. The summed E-state index contributed by atoms with van der Waals surface area (Å²) in [5, 5.41) is 35.2. The number of nitrogens with zero attached hydrogens (tertiary/aromatic N) is 4. The fraction of sp³-hybridized carbons (Fsp3) is 0.115. The largest absolute Gasteiger partial charge is 0.494 e. The number of hydrogen-bond donors (Lipinski definition) is 0. The van der Waals surface area contributed by atoms with Crippen molar-refractivity contribution in [2.24, 2.45) is 0 Å². The Labute approximate surface area is 635 Å². The van der Waals surface area contributed by atoms with Gasteiger partial charge in [0.2, 0.25) is 0 Å². The molecule has 21 rings (SSSR count). The van der Waals surface area contributed by atoms with Gasteiger partial charge >= 0.3 is 0 Å². The van der Waals surface area contributed by atoms with E-state index in [2.05, 4.69) is 317 Å². The van der Waals surface area contributed by atoms with Crippen LogP contribution in [-0.4, -0.2) is 33.1 Å². The Bertz CT molecular complexity index is 6590. The van der Waals surface area contributed by atoms with Gasteiger partial charge in [0.05, 0.1) is 57.3 Å². The maximum Gasteiger partial charge on any atom is 0.120 e. The summed E-state index contributed by atoms with van der Waals surface area (Å²) in [6, 6.07) is 112. The Hall–Kier alpha value is -13.2. The van der Waals surface area contributed by atoms with Crippen molar-refractivity contribution in [3.8, 4) is 11.5 Å². The number of rotatable bonds is 12. The monoisotopic (exact) mass is 1410 g/mol. The van der Waals surface area contributed by atoms with Crippen LogP contribution in [0.3, 0.4) is 0 Å². The fourth-order valence-electron chi connectivity index (χ4n) is 18.3. The molecule has 5 aromatic heterocycles. The Morgan fingerprint density at radius 1 is 0.191 bits per heavy atom. The molecule has 0 saturated carbocycles. The first-order valence-corrected chi connectivity index (χ1v) is 39.2. The van der Waals surface area contributed by atoms with Gasteiger partial charge in [0.1, 0.15) is 11.5 Å². The lowest BCUT2D eigenvalue weighted by Gasteiger charge is -2.15. The van der Waals surface area contributed by atoms with E-state index >= 15 is 0 Å². The van der Waals surface area contributed by atoms with E-state index in [1.54, 1.807) is 0 Å². The van der Waals surface area contributed by atoms with Crippen LogP contribution < -0.4 is 9.47 Å². The van der Waals surface area contributed by atoms with E-state index in [9.17, 15) is 0 Å². The molecule has 6 heteroatoms. The van der Waals surface area contributed by atoms with Crippen LogP contribution in [0.4, 0.5) is 0 Å². The molecule has 0 amide bonds. The zero-order valence-corrected chi connectivity index (χ0v) is 61.5. The highest BCUT2D eigenvalue weighted by atomic mass is 16.5. The molecule has 0 radical (unpaired) electrons. The van der Waals surface area contributed by atoms with Gasteiger partial charge in [0.25, 0.3) is 0 Å². The molecule has 16 aromatic carbocycles. The van der Waals surface area contributed by atoms with Crippen LogP contribution in [0.5, 0.6) is 11.5 Å². The molecule has 0 spiro atoms. The maximum atomic E-state index is 7.03. The predicted octanol–water partition coefficient (Wildman–Crippen LogP) is 29.1. The average molecular weight is 1410 g/mol. The standard InChI is InChI=1S/C104H76N4O2/c1-3-5-7-25-55-109-71-59-67-57-68(60-71)94-75-29-11-19-37-83(75)98(84-38-20-12-30-76(84)94)90-52-48-64-44-46-66-50-54-92(108-104(66)102(64)106-90)100-87-41-23-15-33-79(87)96(80-34-16-24-42-88(80)100)70-58-69(61-72(62-70)110-56-26-8-6-4-2)95-77-31-13-21-39-85(77)99(86-40-22-14-32-78(86)95)91-53-49-65-45-43-63-47-51-89(105-101(63)103(65)107-91)97-81-35-17-9-27-73(81)93(67)74-28-10-18-36-82(74)97/h9-24,27-54,57-62H,3-8,25-26,55-56H2,1-2H3.